The molecule has 0 aliphatic heterocycles. The maximum Gasteiger partial charge on any atom is 0.122 e. The number of rotatable bonds is 11. The third-order valence-corrected chi connectivity index (χ3v) is 6.70. The van der Waals surface area contributed by atoms with Crippen molar-refractivity contribution < 1.29 is 24.8 Å². The minimum atomic E-state index is -0.886. The molecular weight excluding hydrogens is 416 g/mol. The molecule has 2 rings (SSSR count). The molecule has 33 heavy (non-hydrogen) atoms. The Balaban J connectivity index is 2.31. The third-order valence-electron chi connectivity index (χ3n) is 6.70. The van der Waals surface area contributed by atoms with E-state index in [4.69, 9.17) is 14.6 Å². The lowest BCUT2D eigenvalue weighted by Gasteiger charge is -2.34. The molecule has 0 saturated carbocycles. The van der Waals surface area contributed by atoms with Gasteiger partial charge in [0.15, 0.2) is 0 Å². The fourth-order valence-electron chi connectivity index (χ4n) is 4.11. The summed E-state index contributed by atoms with van der Waals surface area (Å²) in [6, 6.07) is 12.6. The first-order valence-corrected chi connectivity index (χ1v) is 11.9. The van der Waals surface area contributed by atoms with Crippen molar-refractivity contribution in [1.29, 1.82) is 0 Å². The topological polar surface area (TPSA) is 79.2 Å². The maximum absolute atomic E-state index is 10.3. The Bertz CT molecular complexity index is 896. The zero-order chi connectivity index (χ0) is 24.8. The van der Waals surface area contributed by atoms with E-state index in [-0.39, 0.29) is 30.7 Å². The highest BCUT2D eigenvalue weighted by atomic mass is 16.5. The van der Waals surface area contributed by atoms with E-state index >= 15 is 0 Å². The highest BCUT2D eigenvalue weighted by Crippen LogP contribution is 2.41. The molecule has 0 fully saturated rings. The molecule has 0 bridgehead atoms. The molecule has 3 N–H and O–H groups in total. The van der Waals surface area contributed by atoms with Crippen LogP contribution in [0.4, 0.5) is 0 Å². The highest BCUT2D eigenvalue weighted by Gasteiger charge is 2.32. The number of hydrogen-bond donors (Lipinski definition) is 3. The Labute approximate surface area is 199 Å². The summed E-state index contributed by atoms with van der Waals surface area (Å²) in [4.78, 5) is 0. The van der Waals surface area contributed by atoms with Crippen molar-refractivity contribution in [1.82, 2.24) is 0 Å². The van der Waals surface area contributed by atoms with Crippen molar-refractivity contribution in [2.24, 2.45) is 5.41 Å². The summed E-state index contributed by atoms with van der Waals surface area (Å²) in [5.74, 6) is 1.51. The minimum absolute atomic E-state index is 0.0634. The van der Waals surface area contributed by atoms with Gasteiger partial charge < -0.3 is 24.8 Å². The number of ether oxygens (including phenoxy) is 2. The smallest absolute Gasteiger partial charge is 0.122 e. The molecule has 2 aromatic carbocycles. The molecule has 2 atom stereocenters. The standard InChI is InChI=1S/C28H42O5/c1-8-28(9-2,21-10-12-24(19(3)14-21)32-17-23(30)16-29)22-11-13-25(20(4)15-22)33-18-26(31)27(5,6)7/h10-15,23,26,29-31H,8-9,16-18H2,1-7H3/t23-,26-/m0/s1. The van der Waals surface area contributed by atoms with E-state index in [0.717, 1.165) is 29.7 Å². The predicted octanol–water partition coefficient (Wildman–Crippen LogP) is 4.93. The highest BCUT2D eigenvalue weighted by molar-refractivity contribution is 5.48. The summed E-state index contributed by atoms with van der Waals surface area (Å²) in [6.45, 7) is 14.5. The zero-order valence-corrected chi connectivity index (χ0v) is 21.3. The molecular formula is C28H42O5. The number of aryl methyl sites for hydroxylation is 2. The third kappa shape index (κ3) is 6.50. The lowest BCUT2D eigenvalue weighted by Crippen LogP contribution is -2.32. The first-order chi connectivity index (χ1) is 15.5. The summed E-state index contributed by atoms with van der Waals surface area (Å²) < 4.78 is 11.6. The first-order valence-electron chi connectivity index (χ1n) is 11.9. The number of aliphatic hydroxyl groups excluding tert-OH is 3. The van der Waals surface area contributed by atoms with Crippen LogP contribution in [0.25, 0.3) is 0 Å². The van der Waals surface area contributed by atoms with Gasteiger partial charge in [0.2, 0.25) is 0 Å². The van der Waals surface area contributed by atoms with Crippen LogP contribution in [0.1, 0.15) is 69.7 Å². The monoisotopic (exact) mass is 458 g/mol. The van der Waals surface area contributed by atoms with Crippen LogP contribution in [0.3, 0.4) is 0 Å². The Morgan fingerprint density at radius 1 is 0.788 bits per heavy atom. The second-order valence-corrected chi connectivity index (χ2v) is 10.1. The van der Waals surface area contributed by atoms with Crippen LogP contribution in [-0.4, -0.2) is 47.3 Å². The summed E-state index contributed by atoms with van der Waals surface area (Å²) in [6.07, 6.45) is 0.454. The van der Waals surface area contributed by atoms with Crippen LogP contribution in [0.2, 0.25) is 0 Å². The van der Waals surface area contributed by atoms with Gasteiger partial charge in [-0.2, -0.15) is 0 Å². The van der Waals surface area contributed by atoms with Gasteiger partial charge in [0.1, 0.15) is 30.8 Å². The number of benzene rings is 2. The van der Waals surface area contributed by atoms with Gasteiger partial charge in [-0.25, -0.2) is 0 Å². The molecule has 0 saturated heterocycles. The van der Waals surface area contributed by atoms with Crippen molar-refractivity contribution in [2.75, 3.05) is 19.8 Å². The quantitative estimate of drug-likeness (QED) is 0.445. The molecule has 0 amide bonds. The van der Waals surface area contributed by atoms with Crippen molar-refractivity contribution in [3.05, 3.63) is 58.7 Å². The molecule has 184 valence electrons. The molecule has 0 spiro atoms. The van der Waals surface area contributed by atoms with E-state index in [2.05, 4.69) is 38.1 Å². The second kappa shape index (κ2) is 11.4. The van der Waals surface area contributed by atoms with Gasteiger partial charge in [0.25, 0.3) is 0 Å². The van der Waals surface area contributed by atoms with Gasteiger partial charge in [0.05, 0.1) is 12.7 Å². The molecule has 5 nitrogen and oxygen atoms in total. The van der Waals surface area contributed by atoms with Crippen LogP contribution in [0.15, 0.2) is 36.4 Å². The molecule has 5 heteroatoms. The van der Waals surface area contributed by atoms with E-state index < -0.39 is 12.2 Å². The van der Waals surface area contributed by atoms with E-state index in [1.54, 1.807) is 0 Å². The van der Waals surface area contributed by atoms with Crippen LogP contribution >= 0.6 is 0 Å². The lowest BCUT2D eigenvalue weighted by molar-refractivity contribution is 0.0216. The molecule has 0 aliphatic rings. The Hall–Kier alpha value is -2.08. The van der Waals surface area contributed by atoms with E-state index in [0.29, 0.717) is 5.75 Å². The average molecular weight is 459 g/mol. The molecule has 0 unspecified atom stereocenters. The van der Waals surface area contributed by atoms with Crippen molar-refractivity contribution in [3.8, 4) is 11.5 Å². The van der Waals surface area contributed by atoms with Crippen molar-refractivity contribution in [3.63, 3.8) is 0 Å². The maximum atomic E-state index is 10.3. The molecule has 0 aliphatic carbocycles. The minimum Gasteiger partial charge on any atom is -0.491 e. The molecule has 0 aromatic heterocycles. The average Bonchev–Trinajstić information content (AvgIpc) is 2.78. The lowest BCUT2D eigenvalue weighted by atomic mass is 9.70. The van der Waals surface area contributed by atoms with E-state index in [9.17, 15) is 10.2 Å². The fraction of sp³-hybridized carbons (Fsp3) is 0.571. The van der Waals surface area contributed by atoms with Gasteiger partial charge in [0, 0.05) is 5.41 Å². The molecule has 0 heterocycles. The van der Waals surface area contributed by atoms with Crippen LogP contribution in [0, 0.1) is 19.3 Å². The summed E-state index contributed by atoms with van der Waals surface area (Å²) in [7, 11) is 0. The normalized spacial score (nSPS) is 14.1. The largest absolute Gasteiger partial charge is 0.491 e. The molecule has 2 aromatic rings. The van der Waals surface area contributed by atoms with Crippen LogP contribution < -0.4 is 9.47 Å². The Morgan fingerprint density at radius 3 is 1.61 bits per heavy atom. The predicted molar refractivity (Wildman–Crippen MR) is 133 cm³/mol. The zero-order valence-electron chi connectivity index (χ0n) is 21.3. The van der Waals surface area contributed by atoms with Crippen molar-refractivity contribution >= 4 is 0 Å². The number of aliphatic hydroxyl groups is 3. The van der Waals surface area contributed by atoms with E-state index in [1.807, 2.05) is 46.8 Å². The Kier molecular flexibility index (Phi) is 9.36. The van der Waals surface area contributed by atoms with Gasteiger partial charge >= 0.3 is 0 Å². The van der Waals surface area contributed by atoms with Crippen LogP contribution in [0.5, 0.6) is 11.5 Å². The number of hydrogen-bond acceptors (Lipinski definition) is 5. The summed E-state index contributed by atoms with van der Waals surface area (Å²) in [5.41, 5.74) is 4.12. The Morgan fingerprint density at radius 2 is 1.24 bits per heavy atom. The SMILES string of the molecule is CCC(CC)(c1ccc(OC[C@@H](O)CO)c(C)c1)c1ccc(OC[C@H](O)C(C)(C)C)c(C)c1. The van der Waals surface area contributed by atoms with Gasteiger partial charge in [-0.3, -0.25) is 0 Å². The second-order valence-electron chi connectivity index (χ2n) is 10.1. The molecule has 0 radical (unpaired) electrons. The van der Waals surface area contributed by atoms with Crippen LogP contribution in [-0.2, 0) is 5.41 Å². The summed E-state index contributed by atoms with van der Waals surface area (Å²) in [5, 5.41) is 28.9. The van der Waals surface area contributed by atoms with Crippen molar-refractivity contribution in [2.45, 2.75) is 78.9 Å². The van der Waals surface area contributed by atoms with Gasteiger partial charge in [-0.05, 0) is 66.5 Å². The fourth-order valence-corrected chi connectivity index (χ4v) is 4.11. The summed E-state index contributed by atoms with van der Waals surface area (Å²) >= 11 is 0. The van der Waals surface area contributed by atoms with Gasteiger partial charge in [-0.15, -0.1) is 0 Å². The first kappa shape index (κ1) is 27.2. The van der Waals surface area contributed by atoms with E-state index in [1.165, 1.54) is 11.1 Å². The van der Waals surface area contributed by atoms with Gasteiger partial charge in [-0.1, -0.05) is 58.9 Å².